The molecule has 2 fully saturated rings. The van der Waals surface area contributed by atoms with E-state index < -0.39 is 0 Å². The predicted octanol–water partition coefficient (Wildman–Crippen LogP) is 5.61. The fourth-order valence-electron chi connectivity index (χ4n) is 5.13. The van der Waals surface area contributed by atoms with Gasteiger partial charge in [-0.25, -0.2) is 0 Å². The number of carbonyl (C=O) groups excluding carboxylic acids is 1. The highest BCUT2D eigenvalue weighted by Crippen LogP contribution is 2.71. The first-order valence-corrected chi connectivity index (χ1v) is 11.8. The monoisotopic (exact) mass is 446 g/mol. The van der Waals surface area contributed by atoms with Gasteiger partial charge in [-0.3, -0.25) is 4.79 Å². The summed E-state index contributed by atoms with van der Waals surface area (Å²) in [6, 6.07) is 3.80. The van der Waals surface area contributed by atoms with Gasteiger partial charge in [-0.1, -0.05) is 25.4 Å². The molecule has 3 atom stereocenters. The van der Waals surface area contributed by atoms with E-state index in [4.69, 9.17) is 25.8 Å². The second-order valence-electron chi connectivity index (χ2n) is 9.29. The molecule has 1 saturated carbocycles. The van der Waals surface area contributed by atoms with Crippen molar-refractivity contribution in [2.24, 2.45) is 11.3 Å². The van der Waals surface area contributed by atoms with Crippen LogP contribution in [-0.4, -0.2) is 32.2 Å². The molecule has 1 saturated heterocycles. The molecule has 2 aromatic rings. The second kappa shape index (κ2) is 7.25. The number of Topliss-reactive ketones (excluding diaryl/α,β-unsaturated/α-hetero) is 1. The molecule has 2 aliphatic carbocycles. The maximum Gasteiger partial charge on any atom is 0.179 e. The smallest absolute Gasteiger partial charge is 0.179 e. The minimum absolute atomic E-state index is 0.149. The predicted molar refractivity (Wildman–Crippen MR) is 119 cm³/mol. The van der Waals surface area contributed by atoms with Crippen molar-refractivity contribution in [3.05, 3.63) is 43.6 Å². The highest BCUT2D eigenvalue weighted by Gasteiger charge is 2.63. The van der Waals surface area contributed by atoms with Gasteiger partial charge in [0.15, 0.2) is 17.3 Å². The van der Waals surface area contributed by atoms with E-state index in [1.54, 1.807) is 18.4 Å². The Hall–Kier alpha value is -1.56. The van der Waals surface area contributed by atoms with Crippen LogP contribution in [0.25, 0.3) is 0 Å². The minimum Gasteiger partial charge on any atom is -0.493 e. The van der Waals surface area contributed by atoms with Gasteiger partial charge < -0.3 is 14.2 Å². The number of aryl methyl sites for hydroxylation is 2. The number of halogens is 1. The average Bonchev–Trinajstić information content (AvgIpc) is 3.51. The van der Waals surface area contributed by atoms with Crippen LogP contribution in [0.4, 0.5) is 0 Å². The lowest BCUT2D eigenvalue weighted by Crippen LogP contribution is -2.07. The van der Waals surface area contributed by atoms with Crippen molar-refractivity contribution in [3.8, 4) is 11.5 Å². The van der Waals surface area contributed by atoms with Gasteiger partial charge in [-0.15, -0.1) is 11.3 Å². The van der Waals surface area contributed by atoms with Crippen LogP contribution >= 0.6 is 22.9 Å². The van der Waals surface area contributed by atoms with Crippen LogP contribution in [0.5, 0.6) is 11.5 Å². The van der Waals surface area contributed by atoms with Crippen molar-refractivity contribution in [2.75, 3.05) is 20.3 Å². The highest BCUT2D eigenvalue weighted by molar-refractivity contribution is 7.14. The first-order chi connectivity index (χ1) is 14.3. The van der Waals surface area contributed by atoms with Crippen molar-refractivity contribution in [2.45, 2.75) is 52.1 Å². The van der Waals surface area contributed by atoms with Crippen molar-refractivity contribution in [3.63, 3.8) is 0 Å². The highest BCUT2D eigenvalue weighted by atomic mass is 35.5. The Kier molecular flexibility index (Phi) is 4.92. The number of ether oxygens (including phenoxy) is 3. The van der Waals surface area contributed by atoms with E-state index in [0.29, 0.717) is 47.3 Å². The molecule has 6 heteroatoms. The molecular formula is C24H27ClO4S. The SMILES string of the molecule is COc1cc(CCC(=O)c2sc(C)c3c2C[C@@H]2[C@H]3C2(C)C)cc(Cl)c1OCC1CO1. The van der Waals surface area contributed by atoms with Crippen LogP contribution in [0.3, 0.4) is 0 Å². The number of epoxide rings is 1. The van der Waals surface area contributed by atoms with E-state index in [1.807, 2.05) is 12.1 Å². The van der Waals surface area contributed by atoms with E-state index in [0.717, 1.165) is 29.4 Å². The lowest BCUT2D eigenvalue weighted by Gasteiger charge is -2.14. The van der Waals surface area contributed by atoms with Gasteiger partial charge in [0.1, 0.15) is 12.7 Å². The van der Waals surface area contributed by atoms with Crippen LogP contribution in [0.1, 0.15) is 57.4 Å². The van der Waals surface area contributed by atoms with E-state index >= 15 is 0 Å². The summed E-state index contributed by atoms with van der Waals surface area (Å²) in [5.74, 6) is 2.75. The molecule has 1 aromatic carbocycles. The van der Waals surface area contributed by atoms with E-state index in [9.17, 15) is 4.79 Å². The molecule has 1 aliphatic heterocycles. The van der Waals surface area contributed by atoms with Crippen molar-refractivity contribution in [1.29, 1.82) is 0 Å². The lowest BCUT2D eigenvalue weighted by molar-refractivity contribution is 0.0985. The van der Waals surface area contributed by atoms with E-state index in [1.165, 1.54) is 16.0 Å². The molecule has 0 spiro atoms. The first-order valence-electron chi connectivity index (χ1n) is 10.6. The lowest BCUT2D eigenvalue weighted by atomic mass is 9.94. The minimum atomic E-state index is 0.149. The molecule has 0 amide bonds. The molecule has 4 nitrogen and oxygen atoms in total. The van der Waals surface area contributed by atoms with Crippen molar-refractivity contribution < 1.29 is 19.0 Å². The zero-order valence-corrected chi connectivity index (χ0v) is 19.4. The number of ketones is 1. The van der Waals surface area contributed by atoms with Gasteiger partial charge in [0.25, 0.3) is 0 Å². The quantitative estimate of drug-likeness (QED) is 0.390. The van der Waals surface area contributed by atoms with Crippen LogP contribution in [0.2, 0.25) is 5.02 Å². The molecule has 2 heterocycles. The molecule has 0 N–H and O–H groups in total. The standard InChI is InChI=1S/C24H27ClO4S/c1-12-20-15(9-16-21(20)24(16,2)3)23(30-12)18(26)6-5-13-7-17(25)22(19(8-13)27-4)29-11-14-10-28-14/h7-8,14,16,21H,5-6,9-11H2,1-4H3/t14?,16-,21-/m1/s1. The number of thiophene rings is 1. The largest absolute Gasteiger partial charge is 0.493 e. The summed E-state index contributed by atoms with van der Waals surface area (Å²) >= 11 is 8.14. The summed E-state index contributed by atoms with van der Waals surface area (Å²) in [4.78, 5) is 15.4. The van der Waals surface area contributed by atoms with Crippen LogP contribution in [0.15, 0.2) is 12.1 Å². The fourth-order valence-corrected chi connectivity index (χ4v) is 6.61. The third-order valence-corrected chi connectivity index (χ3v) is 8.50. The van der Waals surface area contributed by atoms with Crippen LogP contribution in [-0.2, 0) is 17.6 Å². The molecule has 3 aliphatic rings. The maximum absolute atomic E-state index is 13.1. The summed E-state index contributed by atoms with van der Waals surface area (Å²) in [7, 11) is 1.60. The van der Waals surface area contributed by atoms with Gasteiger partial charge in [-0.2, -0.15) is 0 Å². The Morgan fingerprint density at radius 3 is 2.83 bits per heavy atom. The van der Waals surface area contributed by atoms with Crippen LogP contribution < -0.4 is 9.47 Å². The van der Waals surface area contributed by atoms with Crippen molar-refractivity contribution >= 4 is 28.7 Å². The molecule has 0 radical (unpaired) electrons. The number of hydrogen-bond acceptors (Lipinski definition) is 5. The second-order valence-corrected chi connectivity index (χ2v) is 10.9. The Bertz CT molecular complexity index is 1020. The van der Waals surface area contributed by atoms with Gasteiger partial charge >= 0.3 is 0 Å². The third-order valence-electron chi connectivity index (χ3n) is 7.02. The van der Waals surface area contributed by atoms with Crippen molar-refractivity contribution in [1.82, 2.24) is 0 Å². The van der Waals surface area contributed by atoms with Crippen LogP contribution in [0, 0.1) is 18.3 Å². The molecule has 160 valence electrons. The zero-order chi connectivity index (χ0) is 21.2. The molecule has 1 aromatic heterocycles. The Balaban J connectivity index is 1.29. The third kappa shape index (κ3) is 3.35. The number of methoxy groups -OCH3 is 1. The van der Waals surface area contributed by atoms with Gasteiger partial charge in [0.05, 0.1) is 23.6 Å². The number of benzene rings is 1. The maximum atomic E-state index is 13.1. The summed E-state index contributed by atoms with van der Waals surface area (Å²) in [6.45, 7) is 8.08. The first kappa shape index (κ1) is 20.3. The number of carbonyl (C=O) groups is 1. The van der Waals surface area contributed by atoms with Gasteiger partial charge in [0, 0.05) is 11.3 Å². The summed E-state index contributed by atoms with van der Waals surface area (Å²) in [5.41, 5.74) is 4.19. The summed E-state index contributed by atoms with van der Waals surface area (Å²) in [5, 5.41) is 0.507. The Morgan fingerprint density at radius 1 is 1.37 bits per heavy atom. The zero-order valence-electron chi connectivity index (χ0n) is 17.8. The Morgan fingerprint density at radius 2 is 2.13 bits per heavy atom. The molecule has 0 bridgehead atoms. The molecular weight excluding hydrogens is 420 g/mol. The fraction of sp³-hybridized carbons (Fsp3) is 0.542. The molecule has 30 heavy (non-hydrogen) atoms. The van der Waals surface area contributed by atoms with E-state index in [-0.39, 0.29) is 11.9 Å². The topological polar surface area (TPSA) is 48.1 Å². The normalized spacial score (nSPS) is 24.9. The Labute approximate surface area is 186 Å². The number of hydrogen-bond donors (Lipinski definition) is 0. The van der Waals surface area contributed by atoms with Gasteiger partial charge in [0.2, 0.25) is 0 Å². The van der Waals surface area contributed by atoms with E-state index in [2.05, 4.69) is 20.8 Å². The summed E-state index contributed by atoms with van der Waals surface area (Å²) < 4.78 is 16.4. The average molecular weight is 447 g/mol. The number of rotatable bonds is 8. The summed E-state index contributed by atoms with van der Waals surface area (Å²) in [6.07, 6.45) is 2.32. The molecule has 1 unspecified atom stereocenters. The van der Waals surface area contributed by atoms with Gasteiger partial charge in [-0.05, 0) is 65.8 Å². The number of fused-ring (bicyclic) bond motifs is 3. The molecule has 5 rings (SSSR count).